The minimum absolute atomic E-state index is 0.390. The fraction of sp³-hybridized carbons (Fsp3) is 0.167. The van der Waals surface area contributed by atoms with Gasteiger partial charge in [0, 0.05) is 21.9 Å². The minimum atomic E-state index is -0.412. The Bertz CT molecular complexity index is 1820. The maximum atomic E-state index is 6.42. The second-order valence-electron chi connectivity index (χ2n) is 11.7. The van der Waals surface area contributed by atoms with Gasteiger partial charge in [-0.2, -0.15) is 0 Å². The van der Waals surface area contributed by atoms with Crippen molar-refractivity contribution >= 4 is 34.4 Å². The van der Waals surface area contributed by atoms with Crippen LogP contribution in [0.1, 0.15) is 27.7 Å². The molecule has 0 atom stereocenters. The van der Waals surface area contributed by atoms with Crippen LogP contribution in [0.15, 0.2) is 115 Å². The van der Waals surface area contributed by atoms with Crippen LogP contribution in [0.25, 0.3) is 55.2 Å². The monoisotopic (exact) mass is 521 g/mol. The van der Waals surface area contributed by atoms with Crippen molar-refractivity contribution in [1.29, 1.82) is 0 Å². The van der Waals surface area contributed by atoms with E-state index < -0.39 is 18.3 Å². The molecule has 0 unspecified atom stereocenters. The summed E-state index contributed by atoms with van der Waals surface area (Å²) in [6.07, 6.45) is 0. The summed E-state index contributed by atoms with van der Waals surface area (Å²) in [6, 6.07) is 41.0. The van der Waals surface area contributed by atoms with Gasteiger partial charge in [-0.3, -0.25) is 0 Å². The van der Waals surface area contributed by atoms with E-state index >= 15 is 0 Å². The molecule has 0 radical (unpaired) electrons. The van der Waals surface area contributed by atoms with Gasteiger partial charge in [0.15, 0.2) is 0 Å². The summed E-state index contributed by atoms with van der Waals surface area (Å²) in [5.41, 5.74) is 9.68. The highest BCUT2D eigenvalue weighted by molar-refractivity contribution is 6.62. The first-order valence-electron chi connectivity index (χ1n) is 14.0. The van der Waals surface area contributed by atoms with E-state index in [9.17, 15) is 0 Å². The molecule has 0 saturated carbocycles. The molecule has 0 spiro atoms. The number of H-pyrrole nitrogens is 1. The standard InChI is InChI=1S/C36H32BNO2/c1-35(2)36(3,4)40-37(39-35)27-20-21-31-29(22-27)30-23-28(24-14-8-5-9-15-24)32(25-16-10-6-11-17-25)33(34(30)38-31)26-18-12-7-13-19-26/h5-23,38H,1-4H3. The number of benzene rings is 5. The Morgan fingerprint density at radius 3 is 1.65 bits per heavy atom. The van der Waals surface area contributed by atoms with Crippen molar-refractivity contribution in [2.24, 2.45) is 0 Å². The van der Waals surface area contributed by atoms with Crippen LogP contribution < -0.4 is 5.46 Å². The lowest BCUT2D eigenvalue weighted by atomic mass is 9.78. The van der Waals surface area contributed by atoms with Crippen molar-refractivity contribution in [2.75, 3.05) is 0 Å². The molecule has 4 heteroatoms. The number of hydrogen-bond donors (Lipinski definition) is 1. The molecule has 0 bridgehead atoms. The SMILES string of the molecule is CC1(C)OB(c2ccc3[nH]c4c(-c5ccccc5)c(-c5ccccc5)c(-c5ccccc5)cc4c3c2)OC1(C)C. The van der Waals surface area contributed by atoms with E-state index in [1.807, 2.05) is 0 Å². The fourth-order valence-electron chi connectivity index (χ4n) is 5.82. The van der Waals surface area contributed by atoms with Crippen LogP contribution in [0.2, 0.25) is 0 Å². The molecular weight excluding hydrogens is 489 g/mol. The maximum Gasteiger partial charge on any atom is 0.494 e. The van der Waals surface area contributed by atoms with E-state index in [2.05, 4.69) is 148 Å². The van der Waals surface area contributed by atoms with Crippen molar-refractivity contribution < 1.29 is 9.31 Å². The third-order valence-electron chi connectivity index (χ3n) is 8.66. The van der Waals surface area contributed by atoms with Crippen LogP contribution in [0.3, 0.4) is 0 Å². The largest absolute Gasteiger partial charge is 0.494 e. The molecule has 1 saturated heterocycles. The van der Waals surface area contributed by atoms with E-state index in [0.29, 0.717) is 0 Å². The van der Waals surface area contributed by atoms with E-state index in [0.717, 1.165) is 21.9 Å². The summed E-state index contributed by atoms with van der Waals surface area (Å²) in [5, 5.41) is 2.35. The highest BCUT2D eigenvalue weighted by Gasteiger charge is 2.51. The average molecular weight is 521 g/mol. The molecule has 3 nitrogen and oxygen atoms in total. The van der Waals surface area contributed by atoms with Crippen molar-refractivity contribution in [3.8, 4) is 33.4 Å². The van der Waals surface area contributed by atoms with Gasteiger partial charge in [-0.25, -0.2) is 0 Å². The van der Waals surface area contributed by atoms with E-state index in [1.54, 1.807) is 0 Å². The number of fused-ring (bicyclic) bond motifs is 3. The van der Waals surface area contributed by atoms with Gasteiger partial charge >= 0.3 is 7.12 Å². The lowest BCUT2D eigenvalue weighted by Gasteiger charge is -2.32. The lowest BCUT2D eigenvalue weighted by molar-refractivity contribution is 0.00578. The van der Waals surface area contributed by atoms with Gasteiger partial charge in [-0.05, 0) is 73.1 Å². The molecular formula is C36H32BNO2. The van der Waals surface area contributed by atoms with E-state index in [-0.39, 0.29) is 0 Å². The lowest BCUT2D eigenvalue weighted by Crippen LogP contribution is -2.41. The van der Waals surface area contributed by atoms with Crippen LogP contribution in [-0.2, 0) is 9.31 Å². The zero-order valence-corrected chi connectivity index (χ0v) is 23.4. The van der Waals surface area contributed by atoms with Crippen molar-refractivity contribution in [2.45, 2.75) is 38.9 Å². The van der Waals surface area contributed by atoms with Crippen molar-refractivity contribution in [3.63, 3.8) is 0 Å². The first-order chi connectivity index (χ1) is 19.3. The van der Waals surface area contributed by atoms with Gasteiger partial charge in [-0.15, -0.1) is 0 Å². The van der Waals surface area contributed by atoms with Gasteiger partial charge in [0.25, 0.3) is 0 Å². The molecule has 0 amide bonds. The van der Waals surface area contributed by atoms with Gasteiger partial charge in [-0.1, -0.05) is 103 Å². The van der Waals surface area contributed by atoms with Crippen molar-refractivity contribution in [1.82, 2.24) is 4.98 Å². The van der Waals surface area contributed by atoms with Gasteiger partial charge < -0.3 is 14.3 Å². The quantitative estimate of drug-likeness (QED) is 0.236. The molecule has 1 aliphatic rings. The molecule has 196 valence electrons. The molecule has 40 heavy (non-hydrogen) atoms. The molecule has 2 heterocycles. The molecule has 1 aromatic heterocycles. The summed E-state index contributed by atoms with van der Waals surface area (Å²) >= 11 is 0. The molecule has 1 N–H and O–H groups in total. The van der Waals surface area contributed by atoms with Crippen LogP contribution in [0, 0.1) is 0 Å². The second kappa shape index (κ2) is 9.23. The highest BCUT2D eigenvalue weighted by atomic mass is 16.7. The predicted molar refractivity (Wildman–Crippen MR) is 168 cm³/mol. The Hall–Kier alpha value is -4.12. The first-order valence-corrected chi connectivity index (χ1v) is 14.0. The maximum absolute atomic E-state index is 6.42. The fourth-order valence-corrected chi connectivity index (χ4v) is 5.82. The van der Waals surface area contributed by atoms with Crippen LogP contribution in [0.4, 0.5) is 0 Å². The van der Waals surface area contributed by atoms with Crippen LogP contribution in [-0.4, -0.2) is 23.3 Å². The smallest absolute Gasteiger partial charge is 0.399 e. The van der Waals surface area contributed by atoms with Crippen LogP contribution in [0.5, 0.6) is 0 Å². The average Bonchev–Trinajstić information content (AvgIpc) is 3.45. The Balaban J connectivity index is 1.55. The summed E-state index contributed by atoms with van der Waals surface area (Å²) in [4.78, 5) is 3.80. The summed E-state index contributed by atoms with van der Waals surface area (Å²) in [5.74, 6) is 0. The van der Waals surface area contributed by atoms with E-state index in [1.165, 1.54) is 38.8 Å². The number of aromatic nitrogens is 1. The molecule has 6 aromatic rings. The number of hydrogen-bond acceptors (Lipinski definition) is 2. The molecule has 1 fully saturated rings. The second-order valence-corrected chi connectivity index (χ2v) is 11.7. The normalized spacial score (nSPS) is 16.1. The van der Waals surface area contributed by atoms with Gasteiger partial charge in [0.2, 0.25) is 0 Å². The number of nitrogens with one attached hydrogen (secondary N) is 1. The number of rotatable bonds is 4. The molecule has 7 rings (SSSR count). The summed E-state index contributed by atoms with van der Waals surface area (Å²) in [6.45, 7) is 8.39. The van der Waals surface area contributed by atoms with E-state index in [4.69, 9.17) is 9.31 Å². The highest BCUT2D eigenvalue weighted by Crippen LogP contribution is 2.46. The Labute approximate surface area is 235 Å². The summed E-state index contributed by atoms with van der Waals surface area (Å²) < 4.78 is 12.8. The zero-order chi connectivity index (χ0) is 27.5. The first kappa shape index (κ1) is 24.9. The summed E-state index contributed by atoms with van der Waals surface area (Å²) in [7, 11) is -0.412. The third-order valence-corrected chi connectivity index (χ3v) is 8.66. The molecule has 1 aliphatic heterocycles. The van der Waals surface area contributed by atoms with Crippen LogP contribution >= 0.6 is 0 Å². The zero-order valence-electron chi connectivity index (χ0n) is 23.4. The number of aromatic amines is 1. The minimum Gasteiger partial charge on any atom is -0.399 e. The Morgan fingerprint density at radius 1 is 0.550 bits per heavy atom. The Kier molecular flexibility index (Phi) is 5.74. The topological polar surface area (TPSA) is 34.2 Å². The van der Waals surface area contributed by atoms with Gasteiger partial charge in [0.1, 0.15) is 0 Å². The molecule has 0 aliphatic carbocycles. The van der Waals surface area contributed by atoms with Gasteiger partial charge in [0.05, 0.1) is 16.7 Å². The predicted octanol–water partition coefficient (Wildman–Crippen LogP) is 8.62. The van der Waals surface area contributed by atoms with Crippen molar-refractivity contribution in [3.05, 3.63) is 115 Å². The molecule has 5 aromatic carbocycles. The third kappa shape index (κ3) is 3.99. The Morgan fingerprint density at radius 2 is 1.07 bits per heavy atom.